The second-order valence-electron chi connectivity index (χ2n) is 4.71. The van der Waals surface area contributed by atoms with Crippen molar-refractivity contribution in [3.8, 4) is 5.75 Å². The Balaban J connectivity index is 2.01. The number of carbonyl (C=O) groups excluding carboxylic acids is 1. The Bertz CT molecular complexity index is 690. The lowest BCUT2D eigenvalue weighted by molar-refractivity contribution is -0.114. The molecule has 4 nitrogen and oxygen atoms in total. The van der Waals surface area contributed by atoms with Crippen molar-refractivity contribution in [3.63, 3.8) is 0 Å². The van der Waals surface area contributed by atoms with Crippen LogP contribution in [0.25, 0.3) is 0 Å². The van der Waals surface area contributed by atoms with Crippen molar-refractivity contribution in [2.75, 3.05) is 24.3 Å². The molecule has 0 aliphatic heterocycles. The van der Waals surface area contributed by atoms with Gasteiger partial charge in [-0.25, -0.2) is 0 Å². The molecule has 2 aromatic carbocycles. The van der Waals surface area contributed by atoms with Crippen LogP contribution < -0.4 is 15.4 Å². The van der Waals surface area contributed by atoms with Crippen molar-refractivity contribution in [3.05, 3.63) is 52.0 Å². The van der Waals surface area contributed by atoms with Gasteiger partial charge in [-0.15, -0.1) is 0 Å². The van der Waals surface area contributed by atoms with E-state index >= 15 is 0 Å². The molecule has 0 atom stereocenters. The zero-order chi connectivity index (χ0) is 16.1. The average Bonchev–Trinajstić information content (AvgIpc) is 2.49. The number of aryl methyl sites for hydroxylation is 1. The van der Waals surface area contributed by atoms with Gasteiger partial charge in [-0.3, -0.25) is 4.79 Å². The fourth-order valence-electron chi connectivity index (χ4n) is 1.92. The van der Waals surface area contributed by atoms with Gasteiger partial charge in [-0.05, 0) is 42.8 Å². The van der Waals surface area contributed by atoms with Gasteiger partial charge in [0.1, 0.15) is 5.75 Å². The van der Waals surface area contributed by atoms with Crippen molar-refractivity contribution < 1.29 is 9.53 Å². The molecule has 0 heterocycles. The standard InChI is InChI=1S/C16H16Cl2N2O2/c1-10-3-4-11(17)7-13(10)20-16(21)9-19-14-8-12(18)5-6-15(14)22-2/h3-8,19H,9H2,1-2H3,(H,20,21). The molecule has 2 aromatic rings. The molecular formula is C16H16Cl2N2O2. The second kappa shape index (κ2) is 7.38. The Morgan fingerprint density at radius 3 is 2.41 bits per heavy atom. The fraction of sp³-hybridized carbons (Fsp3) is 0.188. The van der Waals surface area contributed by atoms with E-state index in [1.165, 1.54) is 0 Å². The number of benzene rings is 2. The molecule has 0 aromatic heterocycles. The lowest BCUT2D eigenvalue weighted by atomic mass is 10.2. The number of methoxy groups -OCH3 is 1. The summed E-state index contributed by atoms with van der Waals surface area (Å²) in [5.41, 5.74) is 2.29. The lowest BCUT2D eigenvalue weighted by Crippen LogP contribution is -2.22. The molecule has 6 heteroatoms. The number of hydrogen-bond donors (Lipinski definition) is 2. The van der Waals surface area contributed by atoms with E-state index in [0.29, 0.717) is 27.2 Å². The number of halogens is 2. The molecule has 0 saturated heterocycles. The van der Waals surface area contributed by atoms with Gasteiger partial charge >= 0.3 is 0 Å². The molecule has 0 saturated carbocycles. The second-order valence-corrected chi connectivity index (χ2v) is 5.58. The van der Waals surface area contributed by atoms with Crippen LogP contribution in [0.1, 0.15) is 5.56 Å². The molecule has 116 valence electrons. The van der Waals surface area contributed by atoms with Crippen molar-refractivity contribution in [2.45, 2.75) is 6.92 Å². The van der Waals surface area contributed by atoms with Crippen LogP contribution in [0.15, 0.2) is 36.4 Å². The number of amides is 1. The van der Waals surface area contributed by atoms with Gasteiger partial charge in [0, 0.05) is 15.7 Å². The van der Waals surface area contributed by atoms with Gasteiger partial charge in [-0.1, -0.05) is 29.3 Å². The molecule has 0 aliphatic rings. The van der Waals surface area contributed by atoms with Gasteiger partial charge < -0.3 is 15.4 Å². The minimum absolute atomic E-state index is 0.0860. The van der Waals surface area contributed by atoms with E-state index in [0.717, 1.165) is 5.56 Å². The molecule has 0 spiro atoms. The molecule has 22 heavy (non-hydrogen) atoms. The minimum atomic E-state index is -0.188. The Kier molecular flexibility index (Phi) is 5.52. The third-order valence-electron chi connectivity index (χ3n) is 3.07. The topological polar surface area (TPSA) is 50.4 Å². The summed E-state index contributed by atoms with van der Waals surface area (Å²) < 4.78 is 5.22. The first-order chi connectivity index (χ1) is 10.5. The first kappa shape index (κ1) is 16.5. The lowest BCUT2D eigenvalue weighted by Gasteiger charge is -2.12. The molecule has 0 radical (unpaired) electrons. The summed E-state index contributed by atoms with van der Waals surface area (Å²) in [7, 11) is 1.56. The monoisotopic (exact) mass is 338 g/mol. The Morgan fingerprint density at radius 1 is 1.09 bits per heavy atom. The summed E-state index contributed by atoms with van der Waals surface area (Å²) >= 11 is 11.9. The molecule has 2 rings (SSSR count). The predicted octanol–water partition coefficient (Wildman–Crippen LogP) is 4.36. The molecule has 2 N–H and O–H groups in total. The number of rotatable bonds is 5. The van der Waals surface area contributed by atoms with Crippen LogP contribution >= 0.6 is 23.2 Å². The number of ether oxygens (including phenoxy) is 1. The van der Waals surface area contributed by atoms with E-state index in [1.807, 2.05) is 13.0 Å². The van der Waals surface area contributed by atoms with Gasteiger partial charge in [0.15, 0.2) is 0 Å². The molecule has 0 bridgehead atoms. The summed E-state index contributed by atoms with van der Waals surface area (Å²) in [5.74, 6) is 0.434. The first-order valence-electron chi connectivity index (χ1n) is 6.63. The normalized spacial score (nSPS) is 10.2. The number of carbonyl (C=O) groups is 1. The van der Waals surface area contributed by atoms with Crippen molar-refractivity contribution in [1.82, 2.24) is 0 Å². The Hall–Kier alpha value is -1.91. The van der Waals surface area contributed by atoms with Crippen LogP contribution in [0, 0.1) is 6.92 Å². The Morgan fingerprint density at radius 2 is 1.73 bits per heavy atom. The van der Waals surface area contributed by atoms with Gasteiger partial charge in [0.25, 0.3) is 0 Å². The zero-order valence-corrected chi connectivity index (χ0v) is 13.8. The molecule has 0 aliphatic carbocycles. The number of hydrogen-bond acceptors (Lipinski definition) is 3. The smallest absolute Gasteiger partial charge is 0.243 e. The average molecular weight is 339 g/mol. The third kappa shape index (κ3) is 4.29. The summed E-state index contributed by atoms with van der Waals surface area (Å²) in [4.78, 5) is 12.0. The van der Waals surface area contributed by atoms with Crippen molar-refractivity contribution in [1.29, 1.82) is 0 Å². The molecule has 1 amide bonds. The number of anilines is 2. The van der Waals surface area contributed by atoms with E-state index < -0.39 is 0 Å². The van der Waals surface area contributed by atoms with Gasteiger partial charge in [0.2, 0.25) is 5.91 Å². The maximum atomic E-state index is 12.0. The van der Waals surface area contributed by atoms with E-state index in [2.05, 4.69) is 10.6 Å². The van der Waals surface area contributed by atoms with Crippen molar-refractivity contribution >= 4 is 40.5 Å². The van der Waals surface area contributed by atoms with E-state index in [9.17, 15) is 4.79 Å². The van der Waals surface area contributed by atoms with Crippen LogP contribution in [-0.2, 0) is 4.79 Å². The largest absolute Gasteiger partial charge is 0.495 e. The number of nitrogens with one attached hydrogen (secondary N) is 2. The molecular weight excluding hydrogens is 323 g/mol. The van der Waals surface area contributed by atoms with Crippen LogP contribution in [0.2, 0.25) is 10.0 Å². The maximum Gasteiger partial charge on any atom is 0.243 e. The fourth-order valence-corrected chi connectivity index (χ4v) is 2.26. The maximum absolute atomic E-state index is 12.0. The van der Waals surface area contributed by atoms with Gasteiger partial charge in [-0.2, -0.15) is 0 Å². The summed E-state index contributed by atoms with van der Waals surface area (Å²) in [6.45, 7) is 1.99. The quantitative estimate of drug-likeness (QED) is 0.851. The minimum Gasteiger partial charge on any atom is -0.495 e. The highest BCUT2D eigenvalue weighted by atomic mass is 35.5. The SMILES string of the molecule is COc1ccc(Cl)cc1NCC(=O)Nc1cc(Cl)ccc1C. The third-order valence-corrected chi connectivity index (χ3v) is 3.54. The van der Waals surface area contributed by atoms with Crippen LogP contribution in [0.4, 0.5) is 11.4 Å². The summed E-state index contributed by atoms with van der Waals surface area (Å²) in [6.07, 6.45) is 0. The Labute approximate surface area is 139 Å². The molecule has 0 fully saturated rings. The summed E-state index contributed by atoms with van der Waals surface area (Å²) in [6, 6.07) is 10.5. The predicted molar refractivity (Wildman–Crippen MR) is 91.3 cm³/mol. The van der Waals surface area contributed by atoms with E-state index in [-0.39, 0.29) is 12.5 Å². The summed E-state index contributed by atoms with van der Waals surface area (Å²) in [5, 5.41) is 6.96. The van der Waals surface area contributed by atoms with Crippen LogP contribution in [0.5, 0.6) is 5.75 Å². The highest BCUT2D eigenvalue weighted by molar-refractivity contribution is 6.31. The van der Waals surface area contributed by atoms with Crippen LogP contribution in [-0.4, -0.2) is 19.6 Å². The van der Waals surface area contributed by atoms with E-state index in [1.54, 1.807) is 37.4 Å². The molecule has 0 unspecified atom stereocenters. The highest BCUT2D eigenvalue weighted by Crippen LogP contribution is 2.27. The van der Waals surface area contributed by atoms with E-state index in [4.69, 9.17) is 27.9 Å². The first-order valence-corrected chi connectivity index (χ1v) is 7.38. The van der Waals surface area contributed by atoms with Crippen molar-refractivity contribution in [2.24, 2.45) is 0 Å². The highest BCUT2D eigenvalue weighted by Gasteiger charge is 2.08. The zero-order valence-electron chi connectivity index (χ0n) is 12.2. The van der Waals surface area contributed by atoms with Gasteiger partial charge in [0.05, 0.1) is 19.3 Å². The van der Waals surface area contributed by atoms with Crippen LogP contribution in [0.3, 0.4) is 0 Å².